The minimum atomic E-state index is 0. The van der Waals surface area contributed by atoms with Crippen molar-refractivity contribution < 1.29 is 0 Å². The summed E-state index contributed by atoms with van der Waals surface area (Å²) in [5, 5.41) is 3.37. The molecule has 0 aliphatic carbocycles. The lowest BCUT2D eigenvalue weighted by molar-refractivity contribution is 0.598. The maximum Gasteiger partial charge on any atom is 0.0291 e. The van der Waals surface area contributed by atoms with Crippen LogP contribution in [-0.4, -0.2) is 6.54 Å². The molecule has 0 amide bonds. The van der Waals surface area contributed by atoms with Gasteiger partial charge in [-0.2, -0.15) is 0 Å². The molecule has 0 saturated heterocycles. The maximum atomic E-state index is 3.41. The molecule has 0 spiro atoms. The van der Waals surface area contributed by atoms with Gasteiger partial charge in [0.1, 0.15) is 0 Å². The van der Waals surface area contributed by atoms with Gasteiger partial charge in [-0.1, -0.05) is 35.0 Å². The highest BCUT2D eigenvalue weighted by molar-refractivity contribution is 9.10. The molecule has 1 aromatic carbocycles. The Kier molecular flexibility index (Phi) is 6.39. The van der Waals surface area contributed by atoms with E-state index in [9.17, 15) is 0 Å². The van der Waals surface area contributed by atoms with Crippen LogP contribution in [0.4, 0.5) is 0 Å². The van der Waals surface area contributed by atoms with E-state index in [1.54, 1.807) is 0 Å². The first-order valence-corrected chi connectivity index (χ1v) is 5.02. The molecule has 0 unspecified atom stereocenters. The number of benzene rings is 1. The van der Waals surface area contributed by atoms with E-state index in [1.807, 2.05) is 0 Å². The summed E-state index contributed by atoms with van der Waals surface area (Å²) in [6, 6.07) is 8.87. The Morgan fingerprint density at radius 1 is 1.31 bits per heavy atom. The van der Waals surface area contributed by atoms with Crippen LogP contribution in [0.3, 0.4) is 0 Å². The summed E-state index contributed by atoms with van der Waals surface area (Å²) in [6.45, 7) is 5.30. The van der Waals surface area contributed by atoms with Gasteiger partial charge >= 0.3 is 0 Å². The minimum absolute atomic E-state index is 0. The summed E-state index contributed by atoms with van der Waals surface area (Å²) >= 11 is 3.41. The molecule has 13 heavy (non-hydrogen) atoms. The van der Waals surface area contributed by atoms with Gasteiger partial charge in [0.25, 0.3) is 0 Å². The molecule has 1 atom stereocenters. The summed E-state index contributed by atoms with van der Waals surface area (Å²) < 4.78 is 1.13. The molecule has 3 heteroatoms. The Morgan fingerprint density at radius 2 is 1.85 bits per heavy atom. The maximum absolute atomic E-state index is 3.41. The number of rotatable bonds is 3. The zero-order chi connectivity index (χ0) is 8.97. The Labute approximate surface area is 94.5 Å². The van der Waals surface area contributed by atoms with Crippen LogP contribution < -0.4 is 5.32 Å². The smallest absolute Gasteiger partial charge is 0.0291 e. The fourth-order valence-electron chi connectivity index (χ4n) is 1.18. The molecule has 0 aromatic heterocycles. The molecule has 0 bridgehead atoms. The summed E-state index contributed by atoms with van der Waals surface area (Å²) in [5.41, 5.74) is 1.33. The second-order valence-corrected chi connectivity index (χ2v) is 3.75. The van der Waals surface area contributed by atoms with Gasteiger partial charge in [0.05, 0.1) is 0 Å². The predicted octanol–water partition coefficient (Wildman–Crippen LogP) is 3.54. The normalized spacial score (nSPS) is 11.9. The Morgan fingerprint density at radius 3 is 2.31 bits per heavy atom. The van der Waals surface area contributed by atoms with Crippen molar-refractivity contribution in [2.75, 3.05) is 6.54 Å². The summed E-state index contributed by atoms with van der Waals surface area (Å²) in [6.07, 6.45) is 0. The van der Waals surface area contributed by atoms with Crippen molar-refractivity contribution in [2.45, 2.75) is 19.9 Å². The van der Waals surface area contributed by atoms with Crippen LogP contribution in [0.15, 0.2) is 28.7 Å². The van der Waals surface area contributed by atoms with Crippen molar-refractivity contribution in [3.63, 3.8) is 0 Å². The van der Waals surface area contributed by atoms with Crippen molar-refractivity contribution in [3.8, 4) is 0 Å². The van der Waals surface area contributed by atoms with E-state index in [-0.39, 0.29) is 12.4 Å². The molecular weight excluding hydrogens is 249 g/mol. The Hall–Kier alpha value is -0.0500. The Balaban J connectivity index is 0.00000144. The van der Waals surface area contributed by atoms with Gasteiger partial charge in [-0.15, -0.1) is 12.4 Å². The van der Waals surface area contributed by atoms with Crippen LogP contribution in [-0.2, 0) is 0 Å². The molecule has 0 fully saturated rings. The molecule has 0 aliphatic heterocycles. The van der Waals surface area contributed by atoms with Crippen molar-refractivity contribution in [3.05, 3.63) is 34.3 Å². The lowest BCUT2D eigenvalue weighted by Gasteiger charge is -2.12. The number of hydrogen-bond acceptors (Lipinski definition) is 1. The zero-order valence-corrected chi connectivity index (χ0v) is 10.3. The SMILES string of the molecule is CCN[C@@H](C)c1ccc(Br)cc1.Cl. The van der Waals surface area contributed by atoms with Crippen LogP contribution in [0.2, 0.25) is 0 Å². The van der Waals surface area contributed by atoms with E-state index in [2.05, 4.69) is 59.4 Å². The second-order valence-electron chi connectivity index (χ2n) is 2.83. The summed E-state index contributed by atoms with van der Waals surface area (Å²) in [7, 11) is 0. The molecule has 0 aliphatic rings. The Bertz CT molecular complexity index is 235. The molecule has 74 valence electrons. The first kappa shape index (κ1) is 12.9. The van der Waals surface area contributed by atoms with Crippen LogP contribution in [0.25, 0.3) is 0 Å². The van der Waals surface area contributed by atoms with E-state index in [1.165, 1.54) is 5.56 Å². The fraction of sp³-hybridized carbons (Fsp3) is 0.400. The lowest BCUT2D eigenvalue weighted by atomic mass is 10.1. The number of halogens is 2. The fourth-order valence-corrected chi connectivity index (χ4v) is 1.44. The van der Waals surface area contributed by atoms with Crippen LogP contribution in [0, 0.1) is 0 Å². The monoisotopic (exact) mass is 263 g/mol. The van der Waals surface area contributed by atoms with Gasteiger partial charge in [-0.05, 0) is 31.2 Å². The van der Waals surface area contributed by atoms with Crippen LogP contribution in [0.1, 0.15) is 25.5 Å². The largest absolute Gasteiger partial charge is 0.310 e. The predicted molar refractivity (Wildman–Crippen MR) is 63.5 cm³/mol. The summed E-state index contributed by atoms with van der Waals surface area (Å²) in [5.74, 6) is 0. The lowest BCUT2D eigenvalue weighted by Crippen LogP contribution is -2.17. The van der Waals surface area contributed by atoms with Gasteiger partial charge < -0.3 is 5.32 Å². The molecule has 0 saturated carbocycles. The zero-order valence-electron chi connectivity index (χ0n) is 7.88. The molecular formula is C10H15BrClN. The van der Waals surface area contributed by atoms with Crippen molar-refractivity contribution in [1.29, 1.82) is 0 Å². The average Bonchev–Trinajstić information content (AvgIpc) is 2.06. The van der Waals surface area contributed by atoms with E-state index in [4.69, 9.17) is 0 Å². The highest BCUT2D eigenvalue weighted by Crippen LogP contribution is 2.15. The average molecular weight is 265 g/mol. The van der Waals surface area contributed by atoms with Crippen LogP contribution in [0.5, 0.6) is 0 Å². The van der Waals surface area contributed by atoms with E-state index in [0.29, 0.717) is 6.04 Å². The van der Waals surface area contributed by atoms with Gasteiger partial charge in [0.2, 0.25) is 0 Å². The van der Waals surface area contributed by atoms with E-state index >= 15 is 0 Å². The van der Waals surface area contributed by atoms with E-state index < -0.39 is 0 Å². The topological polar surface area (TPSA) is 12.0 Å². The van der Waals surface area contributed by atoms with E-state index in [0.717, 1.165) is 11.0 Å². The molecule has 1 rings (SSSR count). The molecule has 0 heterocycles. The van der Waals surface area contributed by atoms with Gasteiger partial charge in [0, 0.05) is 10.5 Å². The van der Waals surface area contributed by atoms with Crippen molar-refractivity contribution in [2.24, 2.45) is 0 Å². The quantitative estimate of drug-likeness (QED) is 0.880. The minimum Gasteiger partial charge on any atom is -0.310 e. The van der Waals surface area contributed by atoms with Crippen molar-refractivity contribution in [1.82, 2.24) is 5.32 Å². The first-order valence-electron chi connectivity index (χ1n) is 4.23. The molecule has 1 nitrogen and oxygen atoms in total. The van der Waals surface area contributed by atoms with Crippen molar-refractivity contribution >= 4 is 28.3 Å². The number of hydrogen-bond donors (Lipinski definition) is 1. The molecule has 0 radical (unpaired) electrons. The number of nitrogens with one attached hydrogen (secondary N) is 1. The second kappa shape index (κ2) is 6.41. The summed E-state index contributed by atoms with van der Waals surface area (Å²) in [4.78, 5) is 0. The third-order valence-electron chi connectivity index (χ3n) is 1.88. The van der Waals surface area contributed by atoms with Gasteiger partial charge in [0.15, 0.2) is 0 Å². The first-order chi connectivity index (χ1) is 5.74. The highest BCUT2D eigenvalue weighted by Gasteiger charge is 2.01. The highest BCUT2D eigenvalue weighted by atomic mass is 79.9. The standard InChI is InChI=1S/C10H14BrN.ClH/c1-3-12-8(2)9-4-6-10(11)7-5-9;/h4-8,12H,3H2,1-2H3;1H/t8-;/m0./s1. The van der Waals surface area contributed by atoms with Gasteiger partial charge in [-0.3, -0.25) is 0 Å². The van der Waals surface area contributed by atoms with Gasteiger partial charge in [-0.25, -0.2) is 0 Å². The molecule has 1 N–H and O–H groups in total. The van der Waals surface area contributed by atoms with Crippen LogP contribution >= 0.6 is 28.3 Å². The molecule has 1 aromatic rings. The third-order valence-corrected chi connectivity index (χ3v) is 2.41. The third kappa shape index (κ3) is 4.12.